The van der Waals surface area contributed by atoms with Crippen LogP contribution in [0.15, 0.2) is 47.4 Å². The van der Waals surface area contributed by atoms with Crippen molar-refractivity contribution in [3.63, 3.8) is 0 Å². The smallest absolute Gasteiger partial charge is 0.338 e. The lowest BCUT2D eigenvalue weighted by Gasteiger charge is -2.27. The van der Waals surface area contributed by atoms with Crippen LogP contribution in [0.5, 0.6) is 0 Å². The second-order valence-electron chi connectivity index (χ2n) is 8.96. The number of carbonyl (C=O) groups is 2. The molecule has 1 fully saturated rings. The van der Waals surface area contributed by atoms with Gasteiger partial charge in [-0.2, -0.15) is 0 Å². The Morgan fingerprint density at radius 3 is 2.29 bits per heavy atom. The number of benzene rings is 2. The fourth-order valence-electron chi connectivity index (χ4n) is 3.95. The van der Waals surface area contributed by atoms with Crippen LogP contribution in [0.2, 0.25) is 0 Å². The number of hydrogen-bond acceptors (Lipinski definition) is 7. The summed E-state index contributed by atoms with van der Waals surface area (Å²) in [5.41, 5.74) is 1.73. The Labute approximate surface area is 207 Å². The van der Waals surface area contributed by atoms with Crippen molar-refractivity contribution in [2.45, 2.75) is 32.1 Å². The number of sulfonamides is 1. The molecular formula is C26H34N2O6S. The van der Waals surface area contributed by atoms with Crippen molar-refractivity contribution in [1.29, 1.82) is 0 Å². The summed E-state index contributed by atoms with van der Waals surface area (Å²) in [6, 6.07) is 11.5. The van der Waals surface area contributed by atoms with Crippen LogP contribution in [0.4, 0.5) is 5.69 Å². The van der Waals surface area contributed by atoms with E-state index < -0.39 is 16.0 Å². The van der Waals surface area contributed by atoms with Crippen molar-refractivity contribution >= 4 is 27.5 Å². The summed E-state index contributed by atoms with van der Waals surface area (Å²) in [6.45, 7) is 8.61. The molecule has 0 aliphatic carbocycles. The summed E-state index contributed by atoms with van der Waals surface area (Å²) in [7, 11) is -2.81. The maximum absolute atomic E-state index is 13.8. The summed E-state index contributed by atoms with van der Waals surface area (Å²) >= 11 is 0. The fraction of sp³-hybridized carbons (Fsp3) is 0.462. The van der Waals surface area contributed by atoms with Crippen molar-refractivity contribution in [3.05, 3.63) is 59.2 Å². The highest BCUT2D eigenvalue weighted by Crippen LogP contribution is 2.27. The van der Waals surface area contributed by atoms with Crippen molar-refractivity contribution in [3.8, 4) is 0 Å². The van der Waals surface area contributed by atoms with E-state index in [4.69, 9.17) is 9.47 Å². The van der Waals surface area contributed by atoms with Gasteiger partial charge in [0, 0.05) is 25.2 Å². The van der Waals surface area contributed by atoms with E-state index in [1.807, 2.05) is 37.8 Å². The number of esters is 1. The highest BCUT2D eigenvalue weighted by Gasteiger charge is 2.29. The number of anilines is 1. The molecule has 1 heterocycles. The fourth-order valence-corrected chi connectivity index (χ4v) is 5.61. The van der Waals surface area contributed by atoms with Gasteiger partial charge in [-0.25, -0.2) is 13.2 Å². The van der Waals surface area contributed by atoms with Crippen molar-refractivity contribution < 1.29 is 27.5 Å². The number of carbonyl (C=O) groups excluding carboxylic acids is 2. The van der Waals surface area contributed by atoms with Gasteiger partial charge in [0.05, 0.1) is 43.0 Å². The molecule has 1 saturated heterocycles. The molecule has 1 aliphatic rings. The topological polar surface area (TPSA) is 93.2 Å². The number of ether oxygens (including phenoxy) is 2. The lowest BCUT2D eigenvalue weighted by atomic mass is 10.0. The normalized spacial score (nSPS) is 14.7. The highest BCUT2D eigenvalue weighted by atomic mass is 32.2. The average molecular weight is 503 g/mol. The van der Waals surface area contributed by atoms with Gasteiger partial charge >= 0.3 is 5.97 Å². The minimum absolute atomic E-state index is 0.0577. The van der Waals surface area contributed by atoms with Crippen molar-refractivity contribution in [2.24, 2.45) is 5.92 Å². The molecule has 0 amide bonds. The maximum atomic E-state index is 13.8. The molecule has 2 aromatic rings. The number of Topliss-reactive ketones (excluding diaryl/α,β-unsaturated/α-hetero) is 1. The minimum Gasteiger partial charge on any atom is -0.465 e. The van der Waals surface area contributed by atoms with Gasteiger partial charge in [-0.05, 0) is 48.2 Å². The number of morpholine rings is 1. The van der Waals surface area contributed by atoms with Crippen LogP contribution in [-0.2, 0) is 25.9 Å². The average Bonchev–Trinajstić information content (AvgIpc) is 2.87. The highest BCUT2D eigenvalue weighted by molar-refractivity contribution is 7.92. The molecule has 2 aromatic carbocycles. The van der Waals surface area contributed by atoms with Gasteiger partial charge in [-0.3, -0.25) is 14.0 Å². The molecule has 0 N–H and O–H groups in total. The molecule has 0 aromatic heterocycles. The van der Waals surface area contributed by atoms with Gasteiger partial charge in [0.1, 0.15) is 0 Å². The first-order valence-electron chi connectivity index (χ1n) is 11.8. The maximum Gasteiger partial charge on any atom is 0.338 e. The Morgan fingerprint density at radius 2 is 1.71 bits per heavy atom. The summed E-state index contributed by atoms with van der Waals surface area (Å²) in [6.07, 6.45) is 0.847. The molecule has 3 rings (SSSR count). The zero-order valence-electron chi connectivity index (χ0n) is 20.8. The van der Waals surface area contributed by atoms with E-state index in [1.54, 1.807) is 12.1 Å². The van der Waals surface area contributed by atoms with Crippen LogP contribution >= 0.6 is 0 Å². The van der Waals surface area contributed by atoms with Gasteiger partial charge in [-0.15, -0.1) is 0 Å². The number of rotatable bonds is 10. The van der Waals surface area contributed by atoms with Crippen LogP contribution in [0.1, 0.15) is 47.1 Å². The van der Waals surface area contributed by atoms with E-state index in [0.717, 1.165) is 12.0 Å². The zero-order chi connectivity index (χ0) is 25.6. The molecule has 0 saturated carbocycles. The van der Waals surface area contributed by atoms with E-state index in [0.29, 0.717) is 32.0 Å². The molecule has 9 heteroatoms. The van der Waals surface area contributed by atoms with E-state index >= 15 is 0 Å². The molecule has 190 valence electrons. The third kappa shape index (κ3) is 6.48. The predicted octanol–water partition coefficient (Wildman–Crippen LogP) is 3.40. The molecular weight excluding hydrogens is 468 g/mol. The first-order chi connectivity index (χ1) is 16.7. The largest absolute Gasteiger partial charge is 0.465 e. The summed E-state index contributed by atoms with van der Waals surface area (Å²) in [4.78, 5) is 27.5. The van der Waals surface area contributed by atoms with E-state index in [2.05, 4.69) is 0 Å². The molecule has 0 spiro atoms. The Balaban J connectivity index is 2.00. The third-order valence-electron chi connectivity index (χ3n) is 5.92. The Hall–Kier alpha value is -2.75. The first kappa shape index (κ1) is 26.8. The van der Waals surface area contributed by atoms with E-state index in [9.17, 15) is 18.0 Å². The number of nitrogens with zero attached hydrogens (tertiary/aromatic N) is 2. The number of ketones is 1. The summed E-state index contributed by atoms with van der Waals surface area (Å²) in [5, 5.41) is 0. The molecule has 0 radical (unpaired) electrons. The second kappa shape index (κ2) is 11.8. The lowest BCUT2D eigenvalue weighted by Crippen LogP contribution is -2.39. The van der Waals surface area contributed by atoms with Gasteiger partial charge in [0.2, 0.25) is 0 Å². The Morgan fingerprint density at radius 1 is 1.06 bits per heavy atom. The zero-order valence-corrected chi connectivity index (χ0v) is 21.6. The second-order valence-corrected chi connectivity index (χ2v) is 10.8. The van der Waals surface area contributed by atoms with Gasteiger partial charge in [0.15, 0.2) is 5.78 Å². The molecule has 1 aliphatic heterocycles. The van der Waals surface area contributed by atoms with Crippen LogP contribution in [-0.4, -0.2) is 71.6 Å². The van der Waals surface area contributed by atoms with Crippen molar-refractivity contribution in [2.75, 3.05) is 50.8 Å². The summed E-state index contributed by atoms with van der Waals surface area (Å²) < 4.78 is 39.1. The standard InChI is InChI=1S/C26H34N2O6S/c1-5-20-6-8-21(9-7-20)28(17-19(2)3)35(31,32)22-10-11-23(24(16-22)26(30)33-4)25(29)18-27-12-14-34-15-13-27/h6-11,16,19H,5,12-15,17-18H2,1-4H3. The van der Waals surface area contributed by atoms with Gasteiger partial charge in [0.25, 0.3) is 10.0 Å². The van der Waals surface area contributed by atoms with Crippen LogP contribution < -0.4 is 4.31 Å². The Kier molecular flexibility index (Phi) is 9.04. The molecule has 0 unspecified atom stereocenters. The monoisotopic (exact) mass is 502 g/mol. The first-order valence-corrected chi connectivity index (χ1v) is 13.3. The minimum atomic E-state index is -4.02. The molecule has 8 nitrogen and oxygen atoms in total. The summed E-state index contributed by atoms with van der Waals surface area (Å²) in [5.74, 6) is -0.967. The van der Waals surface area contributed by atoms with Gasteiger partial charge in [-0.1, -0.05) is 32.9 Å². The quantitative estimate of drug-likeness (QED) is 0.363. The van der Waals surface area contributed by atoms with E-state index in [1.165, 1.54) is 29.6 Å². The molecule has 0 atom stereocenters. The number of hydrogen-bond donors (Lipinski definition) is 0. The van der Waals surface area contributed by atoms with Crippen LogP contribution in [0, 0.1) is 5.92 Å². The number of aryl methyl sites for hydroxylation is 1. The van der Waals surface area contributed by atoms with Gasteiger partial charge < -0.3 is 9.47 Å². The van der Waals surface area contributed by atoms with Crippen LogP contribution in [0.3, 0.4) is 0 Å². The SMILES string of the molecule is CCc1ccc(N(CC(C)C)S(=O)(=O)c2ccc(C(=O)CN3CCOCC3)c(C(=O)OC)c2)cc1. The molecule has 0 bridgehead atoms. The van der Waals surface area contributed by atoms with E-state index in [-0.39, 0.29) is 40.8 Å². The molecule has 35 heavy (non-hydrogen) atoms. The van der Waals surface area contributed by atoms with Crippen molar-refractivity contribution in [1.82, 2.24) is 4.90 Å². The predicted molar refractivity (Wildman–Crippen MR) is 135 cm³/mol. The number of methoxy groups -OCH3 is 1. The van der Waals surface area contributed by atoms with Crippen LogP contribution in [0.25, 0.3) is 0 Å². The third-order valence-corrected chi connectivity index (χ3v) is 7.71. The lowest BCUT2D eigenvalue weighted by molar-refractivity contribution is 0.0369. The Bertz CT molecular complexity index is 1140.